The number of benzene rings is 1. The fraction of sp³-hybridized carbons (Fsp3) is 0.222. The highest BCUT2D eigenvalue weighted by Crippen LogP contribution is 2.31. The Morgan fingerprint density at radius 3 is 2.36 bits per heavy atom. The van der Waals surface area contributed by atoms with Gasteiger partial charge in [-0.15, -0.1) is 0 Å². The van der Waals surface area contributed by atoms with Gasteiger partial charge < -0.3 is 10.4 Å². The maximum atomic E-state index is 8.63. The quantitative estimate of drug-likeness (QED) is 0.838. The van der Waals surface area contributed by atoms with Crippen LogP contribution in [-0.2, 0) is 0 Å². The van der Waals surface area contributed by atoms with Gasteiger partial charge in [0.05, 0.1) is 34.0 Å². The van der Waals surface area contributed by atoms with E-state index in [1.165, 1.54) is 12.1 Å². The number of hydrogen-bond acceptors (Lipinski definition) is 3. The van der Waals surface area contributed by atoms with Crippen LogP contribution in [0.15, 0.2) is 12.1 Å². The molecule has 5 heteroatoms. The van der Waals surface area contributed by atoms with Crippen molar-refractivity contribution in [2.45, 2.75) is 0 Å². The number of nitriles is 1. The molecule has 0 spiro atoms. The van der Waals surface area contributed by atoms with Crippen LogP contribution < -0.4 is 5.32 Å². The summed E-state index contributed by atoms with van der Waals surface area (Å²) in [7, 11) is 0. The molecule has 0 fully saturated rings. The molecule has 0 heterocycles. The number of halogens is 2. The lowest BCUT2D eigenvalue weighted by Gasteiger charge is -2.09. The topological polar surface area (TPSA) is 56.0 Å². The molecule has 0 saturated carbocycles. The summed E-state index contributed by atoms with van der Waals surface area (Å²) in [4.78, 5) is 0. The predicted octanol–water partition coefficient (Wildman–Crippen LogP) is 2.27. The Kier molecular flexibility index (Phi) is 4.02. The van der Waals surface area contributed by atoms with Gasteiger partial charge in [0.2, 0.25) is 0 Å². The van der Waals surface area contributed by atoms with Gasteiger partial charge in [0.1, 0.15) is 0 Å². The van der Waals surface area contributed by atoms with Crippen LogP contribution in [0.4, 0.5) is 5.69 Å². The summed E-state index contributed by atoms with van der Waals surface area (Å²) in [5, 5.41) is 20.8. The van der Waals surface area contributed by atoms with Crippen LogP contribution in [0, 0.1) is 11.3 Å². The van der Waals surface area contributed by atoms with Crippen LogP contribution in [0.5, 0.6) is 0 Å². The van der Waals surface area contributed by atoms with E-state index < -0.39 is 0 Å². The summed E-state index contributed by atoms with van der Waals surface area (Å²) in [5.41, 5.74) is 0.955. The molecule has 0 atom stereocenters. The van der Waals surface area contributed by atoms with Gasteiger partial charge in [0.25, 0.3) is 0 Å². The normalized spacial score (nSPS) is 9.57. The number of nitrogens with zero attached hydrogens (tertiary/aromatic N) is 1. The Balaban J connectivity index is 3.01. The summed E-state index contributed by atoms with van der Waals surface area (Å²) in [6, 6.07) is 4.99. The third-order valence-corrected chi connectivity index (χ3v) is 2.18. The summed E-state index contributed by atoms with van der Waals surface area (Å²) >= 11 is 11.7. The lowest BCUT2D eigenvalue weighted by Crippen LogP contribution is -2.06. The zero-order valence-electron chi connectivity index (χ0n) is 7.22. The molecule has 3 nitrogen and oxygen atoms in total. The summed E-state index contributed by atoms with van der Waals surface area (Å²) in [6.45, 7) is 0.359. The molecule has 0 radical (unpaired) electrons. The minimum Gasteiger partial charge on any atom is -0.395 e. The number of aliphatic hydroxyl groups is 1. The van der Waals surface area contributed by atoms with Crippen molar-refractivity contribution < 1.29 is 5.11 Å². The number of aliphatic hydroxyl groups excluding tert-OH is 1. The van der Waals surface area contributed by atoms with Crippen LogP contribution in [0.25, 0.3) is 0 Å². The summed E-state index contributed by atoms with van der Waals surface area (Å²) < 4.78 is 0. The minimum absolute atomic E-state index is 0.00728. The van der Waals surface area contributed by atoms with Gasteiger partial charge in [-0.05, 0) is 12.1 Å². The lowest BCUT2D eigenvalue weighted by molar-refractivity contribution is 0.311. The van der Waals surface area contributed by atoms with Crippen molar-refractivity contribution in [3.8, 4) is 6.07 Å². The molecule has 14 heavy (non-hydrogen) atoms. The molecule has 1 rings (SSSR count). The summed E-state index contributed by atoms with van der Waals surface area (Å²) in [6.07, 6.45) is 0. The van der Waals surface area contributed by atoms with Crippen molar-refractivity contribution in [2.24, 2.45) is 0 Å². The van der Waals surface area contributed by atoms with E-state index >= 15 is 0 Å². The first-order valence-electron chi connectivity index (χ1n) is 3.93. The second-order valence-corrected chi connectivity index (χ2v) is 3.39. The Bertz CT molecular complexity index is 351. The molecule has 1 aromatic carbocycles. The molecule has 0 amide bonds. The molecule has 74 valence electrons. The Labute approximate surface area is 91.9 Å². The van der Waals surface area contributed by atoms with Crippen molar-refractivity contribution in [2.75, 3.05) is 18.5 Å². The van der Waals surface area contributed by atoms with Crippen LogP contribution in [-0.4, -0.2) is 18.3 Å². The number of nitrogens with one attached hydrogen (secondary N) is 1. The van der Waals surface area contributed by atoms with E-state index in [-0.39, 0.29) is 6.61 Å². The van der Waals surface area contributed by atoms with Gasteiger partial charge in [-0.2, -0.15) is 5.26 Å². The predicted molar refractivity (Wildman–Crippen MR) is 56.8 cm³/mol. The van der Waals surface area contributed by atoms with E-state index in [1.54, 1.807) is 0 Å². The lowest BCUT2D eigenvalue weighted by atomic mass is 10.2. The molecular formula is C9H8Cl2N2O. The molecule has 0 aliphatic carbocycles. The van der Waals surface area contributed by atoms with Crippen LogP contribution in [0.3, 0.4) is 0 Å². The van der Waals surface area contributed by atoms with Crippen molar-refractivity contribution >= 4 is 28.9 Å². The van der Waals surface area contributed by atoms with E-state index in [0.29, 0.717) is 27.8 Å². The number of anilines is 1. The van der Waals surface area contributed by atoms with Crippen molar-refractivity contribution in [1.82, 2.24) is 0 Å². The highest BCUT2D eigenvalue weighted by molar-refractivity contribution is 6.39. The fourth-order valence-corrected chi connectivity index (χ4v) is 1.61. The zero-order valence-corrected chi connectivity index (χ0v) is 8.73. The zero-order chi connectivity index (χ0) is 10.6. The van der Waals surface area contributed by atoms with Crippen molar-refractivity contribution in [3.05, 3.63) is 27.7 Å². The minimum atomic E-state index is -0.00728. The first-order chi connectivity index (χ1) is 6.69. The maximum Gasteiger partial charge on any atom is 0.0992 e. The van der Waals surface area contributed by atoms with Crippen molar-refractivity contribution in [3.63, 3.8) is 0 Å². The molecule has 0 unspecified atom stereocenters. The molecule has 2 N–H and O–H groups in total. The largest absolute Gasteiger partial charge is 0.395 e. The number of hydrogen-bond donors (Lipinski definition) is 2. The number of rotatable bonds is 3. The second kappa shape index (κ2) is 5.06. The van der Waals surface area contributed by atoms with E-state index in [4.69, 9.17) is 33.6 Å². The van der Waals surface area contributed by atoms with Gasteiger partial charge in [-0.1, -0.05) is 23.2 Å². The van der Waals surface area contributed by atoms with Gasteiger partial charge in [-0.25, -0.2) is 0 Å². The van der Waals surface area contributed by atoms with Crippen LogP contribution in [0.1, 0.15) is 5.56 Å². The maximum absolute atomic E-state index is 8.63. The molecule has 0 saturated heterocycles. The molecule has 1 aromatic rings. The Hall–Kier alpha value is -0.950. The van der Waals surface area contributed by atoms with Gasteiger partial charge >= 0.3 is 0 Å². The smallest absolute Gasteiger partial charge is 0.0992 e. The standard InChI is InChI=1S/C9H8Cl2N2O/c10-7-3-6(5-12)4-8(11)9(7)13-1-2-14/h3-4,13-14H,1-2H2. The molecule has 0 aliphatic rings. The third kappa shape index (κ3) is 2.52. The highest BCUT2D eigenvalue weighted by Gasteiger charge is 2.07. The van der Waals surface area contributed by atoms with Crippen molar-refractivity contribution in [1.29, 1.82) is 5.26 Å². The van der Waals surface area contributed by atoms with Crippen LogP contribution >= 0.6 is 23.2 Å². The molecule has 0 aromatic heterocycles. The first-order valence-corrected chi connectivity index (χ1v) is 4.68. The van der Waals surface area contributed by atoms with Gasteiger partial charge in [0.15, 0.2) is 0 Å². The van der Waals surface area contributed by atoms with E-state index in [0.717, 1.165) is 0 Å². The van der Waals surface area contributed by atoms with E-state index in [1.807, 2.05) is 6.07 Å². The average Bonchev–Trinajstić information content (AvgIpc) is 2.16. The molecular weight excluding hydrogens is 223 g/mol. The molecule has 0 bridgehead atoms. The monoisotopic (exact) mass is 230 g/mol. The van der Waals surface area contributed by atoms with Gasteiger partial charge in [-0.3, -0.25) is 0 Å². The molecule has 0 aliphatic heterocycles. The third-order valence-electron chi connectivity index (χ3n) is 1.58. The Morgan fingerprint density at radius 1 is 1.36 bits per heavy atom. The fourth-order valence-electron chi connectivity index (χ4n) is 0.987. The average molecular weight is 231 g/mol. The second-order valence-electron chi connectivity index (χ2n) is 2.58. The van der Waals surface area contributed by atoms with E-state index in [9.17, 15) is 0 Å². The van der Waals surface area contributed by atoms with E-state index in [2.05, 4.69) is 5.32 Å². The SMILES string of the molecule is N#Cc1cc(Cl)c(NCCO)c(Cl)c1. The summed E-state index contributed by atoms with van der Waals surface area (Å²) in [5.74, 6) is 0. The van der Waals surface area contributed by atoms with Crippen LogP contribution in [0.2, 0.25) is 10.0 Å². The Morgan fingerprint density at radius 2 is 1.93 bits per heavy atom. The highest BCUT2D eigenvalue weighted by atomic mass is 35.5. The first kappa shape index (κ1) is 11.1. The van der Waals surface area contributed by atoms with Gasteiger partial charge in [0, 0.05) is 6.54 Å².